The van der Waals surface area contributed by atoms with E-state index in [1.807, 2.05) is 26.0 Å². The van der Waals surface area contributed by atoms with Gasteiger partial charge in [-0.3, -0.25) is 4.79 Å². The average Bonchev–Trinajstić information content (AvgIpc) is 3.09. The molecule has 1 fully saturated rings. The van der Waals surface area contributed by atoms with E-state index in [0.717, 1.165) is 29.7 Å². The van der Waals surface area contributed by atoms with Crippen LogP contribution < -0.4 is 10.6 Å². The molecule has 0 unspecified atom stereocenters. The first-order chi connectivity index (χ1) is 12.0. The molecular formula is C19H23N3O3. The van der Waals surface area contributed by atoms with Gasteiger partial charge in [-0.2, -0.15) is 0 Å². The van der Waals surface area contributed by atoms with E-state index in [-0.39, 0.29) is 18.0 Å². The Balaban J connectivity index is 1.50. The summed E-state index contributed by atoms with van der Waals surface area (Å²) in [5.74, 6) is 0.109. The van der Waals surface area contributed by atoms with Gasteiger partial charge in [-0.1, -0.05) is 6.07 Å². The van der Waals surface area contributed by atoms with Gasteiger partial charge in [0.25, 0.3) is 5.91 Å². The molecule has 1 aromatic carbocycles. The Labute approximate surface area is 147 Å². The van der Waals surface area contributed by atoms with Crippen molar-refractivity contribution in [2.24, 2.45) is 0 Å². The standard InChI is InChI=1S/C19H23N3O3/c1-13-10-14(2)12-16(11-13)21-19(24)22-7-5-15(6-8-22)20-18(23)17-4-3-9-25-17/h3-4,9-12,15H,5-8H2,1-2H3,(H,20,23)(H,21,24). The fourth-order valence-electron chi connectivity index (χ4n) is 3.14. The number of carbonyl (C=O) groups excluding carboxylic acids is 2. The Morgan fingerprint density at radius 2 is 1.80 bits per heavy atom. The summed E-state index contributed by atoms with van der Waals surface area (Å²) in [4.78, 5) is 26.2. The van der Waals surface area contributed by atoms with Gasteiger partial charge in [-0.15, -0.1) is 0 Å². The summed E-state index contributed by atoms with van der Waals surface area (Å²) in [6.45, 7) is 5.24. The van der Waals surface area contributed by atoms with E-state index < -0.39 is 0 Å². The van der Waals surface area contributed by atoms with Crippen molar-refractivity contribution in [3.8, 4) is 0 Å². The first kappa shape index (κ1) is 17.1. The van der Waals surface area contributed by atoms with Crippen LogP contribution in [-0.4, -0.2) is 36.0 Å². The molecule has 3 amide bonds. The summed E-state index contributed by atoms with van der Waals surface area (Å²) in [5.41, 5.74) is 3.06. The number of nitrogens with one attached hydrogen (secondary N) is 2. The largest absolute Gasteiger partial charge is 0.459 e. The van der Waals surface area contributed by atoms with Crippen LogP contribution in [0.25, 0.3) is 0 Å². The minimum atomic E-state index is -0.205. The van der Waals surface area contributed by atoms with Crippen molar-refractivity contribution in [3.05, 3.63) is 53.5 Å². The number of urea groups is 1. The minimum absolute atomic E-state index is 0.0582. The summed E-state index contributed by atoms with van der Waals surface area (Å²) in [5, 5.41) is 5.91. The number of likely N-dealkylation sites (tertiary alicyclic amines) is 1. The van der Waals surface area contributed by atoms with Crippen LogP contribution in [0.2, 0.25) is 0 Å². The van der Waals surface area contributed by atoms with Crippen molar-refractivity contribution in [2.75, 3.05) is 18.4 Å². The second-order valence-electron chi connectivity index (χ2n) is 6.52. The molecule has 2 N–H and O–H groups in total. The molecule has 1 saturated heterocycles. The number of amides is 3. The van der Waals surface area contributed by atoms with E-state index in [1.54, 1.807) is 17.0 Å². The first-order valence-corrected chi connectivity index (χ1v) is 8.50. The van der Waals surface area contributed by atoms with Crippen LogP contribution in [0.15, 0.2) is 41.0 Å². The third kappa shape index (κ3) is 4.41. The summed E-state index contributed by atoms with van der Waals surface area (Å²) in [7, 11) is 0. The lowest BCUT2D eigenvalue weighted by atomic mass is 10.1. The lowest BCUT2D eigenvalue weighted by Gasteiger charge is -2.32. The van der Waals surface area contributed by atoms with Crippen LogP contribution in [-0.2, 0) is 0 Å². The number of piperidine rings is 1. The predicted octanol–water partition coefficient (Wildman–Crippen LogP) is 3.32. The van der Waals surface area contributed by atoms with Crippen molar-refractivity contribution in [3.63, 3.8) is 0 Å². The molecule has 25 heavy (non-hydrogen) atoms. The zero-order valence-corrected chi connectivity index (χ0v) is 14.5. The average molecular weight is 341 g/mol. The second-order valence-corrected chi connectivity index (χ2v) is 6.52. The van der Waals surface area contributed by atoms with Gasteiger partial charge in [-0.05, 0) is 62.1 Å². The molecule has 0 radical (unpaired) electrons. The Kier molecular flexibility index (Phi) is 5.07. The van der Waals surface area contributed by atoms with E-state index >= 15 is 0 Å². The first-order valence-electron chi connectivity index (χ1n) is 8.50. The molecule has 2 aromatic rings. The van der Waals surface area contributed by atoms with Crippen molar-refractivity contribution >= 4 is 17.6 Å². The molecule has 6 heteroatoms. The third-order valence-electron chi connectivity index (χ3n) is 4.34. The monoisotopic (exact) mass is 341 g/mol. The van der Waals surface area contributed by atoms with E-state index in [0.29, 0.717) is 18.8 Å². The predicted molar refractivity (Wildman–Crippen MR) is 95.7 cm³/mol. The Morgan fingerprint density at radius 3 is 2.40 bits per heavy atom. The maximum absolute atomic E-state index is 12.4. The zero-order valence-electron chi connectivity index (χ0n) is 14.5. The molecule has 0 aliphatic carbocycles. The minimum Gasteiger partial charge on any atom is -0.459 e. The molecule has 6 nitrogen and oxygen atoms in total. The van der Waals surface area contributed by atoms with Crippen molar-refractivity contribution in [1.29, 1.82) is 0 Å². The topological polar surface area (TPSA) is 74.6 Å². The Hall–Kier alpha value is -2.76. The molecule has 0 atom stereocenters. The number of carbonyl (C=O) groups is 2. The lowest BCUT2D eigenvalue weighted by molar-refractivity contribution is 0.0891. The highest BCUT2D eigenvalue weighted by Crippen LogP contribution is 2.17. The molecule has 1 aliphatic rings. The van der Waals surface area contributed by atoms with E-state index in [2.05, 4.69) is 16.7 Å². The van der Waals surface area contributed by atoms with Crippen LogP contribution in [0, 0.1) is 13.8 Å². The van der Waals surface area contributed by atoms with Crippen LogP contribution in [0.5, 0.6) is 0 Å². The summed E-state index contributed by atoms with van der Waals surface area (Å²) < 4.78 is 5.10. The molecule has 132 valence electrons. The van der Waals surface area contributed by atoms with Gasteiger partial charge in [-0.25, -0.2) is 4.79 Å². The van der Waals surface area contributed by atoms with Crippen LogP contribution >= 0.6 is 0 Å². The maximum atomic E-state index is 12.4. The Morgan fingerprint density at radius 1 is 1.12 bits per heavy atom. The maximum Gasteiger partial charge on any atom is 0.321 e. The number of hydrogen-bond acceptors (Lipinski definition) is 3. The number of benzene rings is 1. The molecule has 3 rings (SSSR count). The molecule has 1 aromatic heterocycles. The van der Waals surface area contributed by atoms with Crippen LogP contribution in [0.1, 0.15) is 34.5 Å². The molecule has 2 heterocycles. The lowest BCUT2D eigenvalue weighted by Crippen LogP contribution is -2.47. The van der Waals surface area contributed by atoms with Gasteiger partial charge >= 0.3 is 6.03 Å². The number of aryl methyl sites for hydroxylation is 2. The van der Waals surface area contributed by atoms with Crippen LogP contribution in [0.3, 0.4) is 0 Å². The number of furan rings is 1. The van der Waals surface area contributed by atoms with E-state index in [1.165, 1.54) is 6.26 Å². The van der Waals surface area contributed by atoms with E-state index in [4.69, 9.17) is 4.42 Å². The summed E-state index contributed by atoms with van der Waals surface area (Å²) in [6, 6.07) is 9.28. The second kappa shape index (κ2) is 7.42. The molecule has 0 bridgehead atoms. The number of hydrogen-bond donors (Lipinski definition) is 2. The van der Waals surface area contributed by atoms with Gasteiger partial charge in [0.1, 0.15) is 0 Å². The molecular weight excluding hydrogens is 318 g/mol. The number of anilines is 1. The normalized spacial score (nSPS) is 15.0. The van der Waals surface area contributed by atoms with Gasteiger partial charge < -0.3 is 20.0 Å². The smallest absolute Gasteiger partial charge is 0.321 e. The van der Waals surface area contributed by atoms with Gasteiger partial charge in [0.15, 0.2) is 5.76 Å². The summed E-state index contributed by atoms with van der Waals surface area (Å²) in [6.07, 6.45) is 2.94. The number of rotatable bonds is 3. The van der Waals surface area contributed by atoms with Gasteiger partial charge in [0.2, 0.25) is 0 Å². The van der Waals surface area contributed by atoms with Crippen molar-refractivity contribution in [2.45, 2.75) is 32.7 Å². The quantitative estimate of drug-likeness (QED) is 0.899. The van der Waals surface area contributed by atoms with Crippen molar-refractivity contribution in [1.82, 2.24) is 10.2 Å². The Bertz CT molecular complexity index is 727. The van der Waals surface area contributed by atoms with Crippen LogP contribution in [0.4, 0.5) is 10.5 Å². The highest BCUT2D eigenvalue weighted by atomic mass is 16.3. The number of nitrogens with zero attached hydrogens (tertiary/aromatic N) is 1. The fraction of sp³-hybridized carbons (Fsp3) is 0.368. The zero-order chi connectivity index (χ0) is 17.8. The molecule has 0 saturated carbocycles. The fourth-order valence-corrected chi connectivity index (χ4v) is 3.14. The third-order valence-corrected chi connectivity index (χ3v) is 4.34. The SMILES string of the molecule is Cc1cc(C)cc(NC(=O)N2CCC(NC(=O)c3ccco3)CC2)c1. The molecule has 1 aliphatic heterocycles. The van der Waals surface area contributed by atoms with Crippen molar-refractivity contribution < 1.29 is 14.0 Å². The molecule has 0 spiro atoms. The summed E-state index contributed by atoms with van der Waals surface area (Å²) >= 11 is 0. The van der Waals surface area contributed by atoms with Gasteiger partial charge in [0, 0.05) is 24.8 Å². The van der Waals surface area contributed by atoms with Gasteiger partial charge in [0.05, 0.1) is 6.26 Å². The highest BCUT2D eigenvalue weighted by Gasteiger charge is 2.24. The van der Waals surface area contributed by atoms with E-state index in [9.17, 15) is 9.59 Å². The highest BCUT2D eigenvalue weighted by molar-refractivity contribution is 5.91.